The van der Waals surface area contributed by atoms with Crippen LogP contribution in [0.3, 0.4) is 0 Å². The van der Waals surface area contributed by atoms with Gasteiger partial charge in [-0.2, -0.15) is 0 Å². The zero-order valence-corrected chi connectivity index (χ0v) is 12.7. The fourth-order valence-electron chi connectivity index (χ4n) is 2.46. The van der Waals surface area contributed by atoms with Gasteiger partial charge in [0.15, 0.2) is 0 Å². The van der Waals surface area contributed by atoms with E-state index in [-0.39, 0.29) is 5.97 Å². The summed E-state index contributed by atoms with van der Waals surface area (Å²) in [4.78, 5) is 11.8. The van der Waals surface area contributed by atoms with Crippen molar-refractivity contribution in [3.05, 3.63) is 60.3 Å². The third-order valence-electron chi connectivity index (χ3n) is 3.55. The summed E-state index contributed by atoms with van der Waals surface area (Å²) in [5, 5.41) is 4.50. The molecule has 0 amide bonds. The number of carbonyl (C=O) groups is 1. The Bertz CT molecular complexity index is 821. The van der Waals surface area contributed by atoms with Crippen LogP contribution in [0.1, 0.15) is 17.3 Å². The Morgan fingerprint density at radius 3 is 2.77 bits per heavy atom. The number of aromatic nitrogens is 1. The topological polar surface area (TPSA) is 43.3 Å². The largest absolute Gasteiger partial charge is 0.462 e. The summed E-state index contributed by atoms with van der Waals surface area (Å²) in [6.45, 7) is 2.18. The number of rotatable bonds is 4. The van der Waals surface area contributed by atoms with Crippen molar-refractivity contribution in [1.29, 1.82) is 0 Å². The molecule has 0 aliphatic carbocycles. The molecule has 22 heavy (non-hydrogen) atoms. The van der Waals surface area contributed by atoms with E-state index in [0.29, 0.717) is 12.2 Å². The predicted molar refractivity (Wildman–Crippen MR) is 88.6 cm³/mol. The average Bonchev–Trinajstić information content (AvgIpc) is 2.89. The van der Waals surface area contributed by atoms with E-state index in [1.807, 2.05) is 31.4 Å². The third-order valence-corrected chi connectivity index (χ3v) is 3.55. The molecular formula is C18H18N2O2. The van der Waals surface area contributed by atoms with E-state index in [1.54, 1.807) is 19.1 Å². The lowest BCUT2D eigenvalue weighted by molar-refractivity contribution is 0.0526. The molecule has 0 atom stereocenters. The van der Waals surface area contributed by atoms with Gasteiger partial charge in [0.1, 0.15) is 0 Å². The van der Waals surface area contributed by atoms with Gasteiger partial charge in [0.05, 0.1) is 12.2 Å². The monoisotopic (exact) mass is 294 g/mol. The van der Waals surface area contributed by atoms with Crippen molar-refractivity contribution in [1.82, 2.24) is 4.57 Å². The molecular weight excluding hydrogens is 276 g/mol. The lowest BCUT2D eigenvalue weighted by atomic mass is 10.2. The fourth-order valence-corrected chi connectivity index (χ4v) is 2.46. The predicted octanol–water partition coefficient (Wildman–Crippen LogP) is 4.10. The van der Waals surface area contributed by atoms with Crippen LogP contribution in [0.15, 0.2) is 54.7 Å². The van der Waals surface area contributed by atoms with Crippen LogP contribution in [0.25, 0.3) is 10.9 Å². The minimum atomic E-state index is -0.301. The van der Waals surface area contributed by atoms with E-state index in [9.17, 15) is 4.79 Å². The number of hydrogen-bond acceptors (Lipinski definition) is 3. The van der Waals surface area contributed by atoms with Gasteiger partial charge in [0.25, 0.3) is 0 Å². The number of nitrogens with one attached hydrogen (secondary N) is 1. The first kappa shape index (κ1) is 14.2. The highest BCUT2D eigenvalue weighted by Gasteiger charge is 2.07. The summed E-state index contributed by atoms with van der Waals surface area (Å²) in [6.07, 6.45) is 2.04. The highest BCUT2D eigenvalue weighted by atomic mass is 16.5. The van der Waals surface area contributed by atoms with Crippen molar-refractivity contribution in [3.63, 3.8) is 0 Å². The van der Waals surface area contributed by atoms with Crippen LogP contribution in [-0.2, 0) is 11.8 Å². The average molecular weight is 294 g/mol. The molecule has 1 heterocycles. The van der Waals surface area contributed by atoms with Gasteiger partial charge in [0, 0.05) is 35.5 Å². The molecule has 4 heteroatoms. The minimum Gasteiger partial charge on any atom is -0.462 e. The van der Waals surface area contributed by atoms with Gasteiger partial charge in [0.2, 0.25) is 0 Å². The molecule has 4 nitrogen and oxygen atoms in total. The van der Waals surface area contributed by atoms with Crippen molar-refractivity contribution in [3.8, 4) is 0 Å². The van der Waals surface area contributed by atoms with Gasteiger partial charge in [-0.1, -0.05) is 6.07 Å². The number of anilines is 2. The highest BCUT2D eigenvalue weighted by Crippen LogP contribution is 2.23. The molecule has 0 saturated heterocycles. The lowest BCUT2D eigenvalue weighted by Crippen LogP contribution is -2.04. The standard InChI is InChI=1S/C18H18N2O2/c1-3-22-18(21)14-5-4-6-15(12-14)19-16-7-8-17-13(11-16)9-10-20(17)2/h4-12,19H,3H2,1-2H3. The molecule has 3 rings (SSSR count). The summed E-state index contributed by atoms with van der Waals surface area (Å²) < 4.78 is 7.11. The summed E-state index contributed by atoms with van der Waals surface area (Å²) in [6, 6.07) is 15.6. The smallest absolute Gasteiger partial charge is 0.338 e. The van der Waals surface area contributed by atoms with Crippen LogP contribution in [0.2, 0.25) is 0 Å². The summed E-state index contributed by atoms with van der Waals surface area (Å²) >= 11 is 0. The number of carbonyl (C=O) groups excluding carboxylic acids is 1. The van der Waals surface area contributed by atoms with Crippen molar-refractivity contribution in [2.24, 2.45) is 7.05 Å². The Kier molecular flexibility index (Phi) is 3.83. The first-order valence-corrected chi connectivity index (χ1v) is 7.26. The molecule has 0 unspecified atom stereocenters. The molecule has 0 bridgehead atoms. The van der Waals surface area contributed by atoms with Gasteiger partial charge in [-0.15, -0.1) is 0 Å². The van der Waals surface area contributed by atoms with Gasteiger partial charge in [-0.05, 0) is 49.4 Å². The zero-order valence-electron chi connectivity index (χ0n) is 12.7. The molecule has 0 aliphatic rings. The zero-order chi connectivity index (χ0) is 15.5. The number of ether oxygens (including phenoxy) is 1. The van der Waals surface area contributed by atoms with Crippen LogP contribution in [0.5, 0.6) is 0 Å². The highest BCUT2D eigenvalue weighted by molar-refractivity contribution is 5.91. The van der Waals surface area contributed by atoms with Crippen LogP contribution in [-0.4, -0.2) is 17.1 Å². The van der Waals surface area contributed by atoms with Crippen molar-refractivity contribution in [2.75, 3.05) is 11.9 Å². The second kappa shape index (κ2) is 5.93. The molecule has 1 N–H and O–H groups in total. The van der Waals surface area contributed by atoms with Crippen molar-refractivity contribution in [2.45, 2.75) is 6.92 Å². The molecule has 3 aromatic rings. The van der Waals surface area contributed by atoms with E-state index in [1.165, 1.54) is 10.9 Å². The molecule has 0 spiro atoms. The molecule has 0 aliphatic heterocycles. The SMILES string of the molecule is CCOC(=O)c1cccc(Nc2ccc3c(ccn3C)c2)c1. The minimum absolute atomic E-state index is 0.301. The Hall–Kier alpha value is -2.75. The summed E-state index contributed by atoms with van der Waals surface area (Å²) in [7, 11) is 2.03. The van der Waals surface area contributed by atoms with Gasteiger partial charge in [-0.3, -0.25) is 0 Å². The van der Waals surface area contributed by atoms with E-state index in [2.05, 4.69) is 28.1 Å². The lowest BCUT2D eigenvalue weighted by Gasteiger charge is -2.09. The Morgan fingerprint density at radius 2 is 1.95 bits per heavy atom. The molecule has 1 aromatic heterocycles. The quantitative estimate of drug-likeness (QED) is 0.737. The number of esters is 1. The number of nitrogens with zero attached hydrogens (tertiary/aromatic N) is 1. The maximum absolute atomic E-state index is 11.8. The van der Waals surface area contributed by atoms with Crippen LogP contribution in [0, 0.1) is 0 Å². The molecule has 112 valence electrons. The molecule has 0 saturated carbocycles. The maximum atomic E-state index is 11.8. The Balaban J connectivity index is 1.85. The maximum Gasteiger partial charge on any atom is 0.338 e. The number of aryl methyl sites for hydroxylation is 1. The van der Waals surface area contributed by atoms with Gasteiger partial charge < -0.3 is 14.6 Å². The fraction of sp³-hybridized carbons (Fsp3) is 0.167. The number of fused-ring (bicyclic) bond motifs is 1. The van der Waals surface area contributed by atoms with Crippen molar-refractivity contribution < 1.29 is 9.53 Å². The Labute approximate surface area is 129 Å². The summed E-state index contributed by atoms with van der Waals surface area (Å²) in [5.41, 5.74) is 3.58. The number of hydrogen-bond donors (Lipinski definition) is 1. The normalized spacial score (nSPS) is 10.6. The van der Waals surface area contributed by atoms with E-state index in [0.717, 1.165) is 11.4 Å². The second-order valence-corrected chi connectivity index (χ2v) is 5.13. The second-order valence-electron chi connectivity index (χ2n) is 5.13. The third kappa shape index (κ3) is 2.81. The van der Waals surface area contributed by atoms with E-state index < -0.39 is 0 Å². The van der Waals surface area contributed by atoms with Gasteiger partial charge >= 0.3 is 5.97 Å². The molecule has 2 aromatic carbocycles. The first-order valence-electron chi connectivity index (χ1n) is 7.26. The number of benzene rings is 2. The van der Waals surface area contributed by atoms with Crippen LogP contribution < -0.4 is 5.32 Å². The van der Waals surface area contributed by atoms with E-state index >= 15 is 0 Å². The van der Waals surface area contributed by atoms with Crippen LogP contribution in [0.4, 0.5) is 11.4 Å². The van der Waals surface area contributed by atoms with E-state index in [4.69, 9.17) is 4.74 Å². The van der Waals surface area contributed by atoms with Gasteiger partial charge in [-0.25, -0.2) is 4.79 Å². The van der Waals surface area contributed by atoms with Crippen LogP contribution >= 0.6 is 0 Å². The summed E-state index contributed by atoms with van der Waals surface area (Å²) in [5.74, 6) is -0.301. The molecule has 0 fully saturated rings. The van der Waals surface area contributed by atoms with Crippen molar-refractivity contribution >= 4 is 28.2 Å². The first-order chi connectivity index (χ1) is 10.7. The Morgan fingerprint density at radius 1 is 1.14 bits per heavy atom. The molecule has 0 radical (unpaired) electrons.